The van der Waals surface area contributed by atoms with Gasteiger partial charge in [-0.2, -0.15) is 4.31 Å². The quantitative estimate of drug-likeness (QED) is 0.391. The van der Waals surface area contributed by atoms with E-state index in [1.165, 1.54) is 10.4 Å². The highest BCUT2D eigenvalue weighted by atomic mass is 32.2. The van der Waals surface area contributed by atoms with Gasteiger partial charge in [-0.25, -0.2) is 22.4 Å². The first-order valence-electron chi connectivity index (χ1n) is 10.1. The summed E-state index contributed by atoms with van der Waals surface area (Å²) >= 11 is 0. The Morgan fingerprint density at radius 1 is 1.09 bits per heavy atom. The van der Waals surface area contributed by atoms with Crippen molar-refractivity contribution in [2.45, 2.75) is 39.2 Å². The fourth-order valence-corrected chi connectivity index (χ4v) is 4.88. The number of esters is 1. The zero-order valence-corrected chi connectivity index (χ0v) is 19.1. The molecule has 1 aromatic heterocycles. The molecule has 32 heavy (non-hydrogen) atoms. The lowest BCUT2D eigenvalue weighted by atomic mass is 10.0. The van der Waals surface area contributed by atoms with Crippen LogP contribution in [0.3, 0.4) is 0 Å². The SMILES string of the molecule is CCN(CC)S(=O)(=O)c1ccc(F)c(C(=O)OCc2cc(=O)oc3c(C)c(C)ccc23)c1. The predicted octanol–water partition coefficient (Wildman–Crippen LogP) is 3.94. The maximum absolute atomic E-state index is 14.3. The first-order chi connectivity index (χ1) is 15.1. The molecular formula is C23H24FNO6S. The van der Waals surface area contributed by atoms with E-state index in [1.54, 1.807) is 19.9 Å². The molecule has 0 fully saturated rings. The summed E-state index contributed by atoms with van der Waals surface area (Å²) in [4.78, 5) is 24.4. The maximum Gasteiger partial charge on any atom is 0.341 e. The molecule has 0 amide bonds. The summed E-state index contributed by atoms with van der Waals surface area (Å²) in [6.45, 7) is 7.22. The summed E-state index contributed by atoms with van der Waals surface area (Å²) in [6.07, 6.45) is 0. The second-order valence-corrected chi connectivity index (χ2v) is 9.22. The predicted molar refractivity (Wildman–Crippen MR) is 118 cm³/mol. The lowest BCUT2D eigenvalue weighted by Gasteiger charge is -2.18. The molecule has 0 unspecified atom stereocenters. The van der Waals surface area contributed by atoms with E-state index in [9.17, 15) is 22.4 Å². The molecule has 1 heterocycles. The number of nitrogens with zero attached hydrogens (tertiary/aromatic N) is 1. The van der Waals surface area contributed by atoms with E-state index >= 15 is 0 Å². The summed E-state index contributed by atoms with van der Waals surface area (Å²) in [6, 6.07) is 7.82. The van der Waals surface area contributed by atoms with Gasteiger partial charge in [-0.05, 0) is 43.2 Å². The minimum atomic E-state index is -3.88. The second-order valence-electron chi connectivity index (χ2n) is 7.28. The van der Waals surface area contributed by atoms with Gasteiger partial charge >= 0.3 is 11.6 Å². The Kier molecular flexibility index (Phi) is 6.80. The smallest absolute Gasteiger partial charge is 0.341 e. The Hall–Kier alpha value is -3.04. The van der Waals surface area contributed by atoms with Crippen LogP contribution in [0.25, 0.3) is 11.0 Å². The number of hydrogen-bond donors (Lipinski definition) is 0. The van der Waals surface area contributed by atoms with Gasteiger partial charge in [0, 0.05) is 30.1 Å². The average molecular weight is 462 g/mol. The molecule has 0 aliphatic heterocycles. The molecule has 2 aromatic carbocycles. The fraction of sp³-hybridized carbons (Fsp3) is 0.304. The fourth-order valence-electron chi connectivity index (χ4n) is 3.40. The highest BCUT2D eigenvalue weighted by molar-refractivity contribution is 7.89. The molecule has 0 atom stereocenters. The van der Waals surface area contributed by atoms with Crippen molar-refractivity contribution in [3.63, 3.8) is 0 Å². The van der Waals surface area contributed by atoms with Gasteiger partial charge in [-0.15, -0.1) is 0 Å². The molecule has 0 saturated heterocycles. The van der Waals surface area contributed by atoms with Gasteiger partial charge in [0.05, 0.1) is 10.5 Å². The lowest BCUT2D eigenvalue weighted by molar-refractivity contribution is 0.0468. The van der Waals surface area contributed by atoms with Crippen LogP contribution in [0.15, 0.2) is 50.5 Å². The van der Waals surface area contributed by atoms with Gasteiger partial charge in [-0.1, -0.05) is 26.0 Å². The van der Waals surface area contributed by atoms with Crippen molar-refractivity contribution in [3.8, 4) is 0 Å². The summed E-state index contributed by atoms with van der Waals surface area (Å²) in [5, 5.41) is 0.596. The Morgan fingerprint density at radius 2 is 1.78 bits per heavy atom. The van der Waals surface area contributed by atoms with Crippen molar-refractivity contribution in [2.24, 2.45) is 0 Å². The molecule has 170 valence electrons. The Labute approximate surface area is 185 Å². The molecule has 7 nitrogen and oxygen atoms in total. The van der Waals surface area contributed by atoms with Crippen LogP contribution in [0, 0.1) is 19.7 Å². The van der Waals surface area contributed by atoms with E-state index in [2.05, 4.69) is 0 Å². The highest BCUT2D eigenvalue weighted by Crippen LogP contribution is 2.25. The zero-order valence-electron chi connectivity index (χ0n) is 18.3. The highest BCUT2D eigenvalue weighted by Gasteiger charge is 2.25. The summed E-state index contributed by atoms with van der Waals surface area (Å²) < 4.78 is 51.5. The number of aryl methyl sites for hydroxylation is 2. The normalized spacial score (nSPS) is 11.8. The average Bonchev–Trinajstić information content (AvgIpc) is 2.75. The molecule has 0 saturated carbocycles. The van der Waals surface area contributed by atoms with Crippen molar-refractivity contribution >= 4 is 27.0 Å². The molecule has 0 bridgehead atoms. The third-order valence-corrected chi connectivity index (χ3v) is 7.42. The number of hydrogen-bond acceptors (Lipinski definition) is 6. The van der Waals surface area contributed by atoms with Crippen LogP contribution in [-0.2, 0) is 21.4 Å². The summed E-state index contributed by atoms with van der Waals surface area (Å²) in [5.41, 5.74) is 1.41. The molecule has 0 aliphatic rings. The third-order valence-electron chi connectivity index (χ3n) is 5.38. The molecule has 3 rings (SSSR count). The number of halogens is 1. The van der Waals surface area contributed by atoms with Gasteiger partial charge < -0.3 is 9.15 Å². The van der Waals surface area contributed by atoms with Crippen LogP contribution in [0.2, 0.25) is 0 Å². The van der Waals surface area contributed by atoms with Crippen molar-refractivity contribution in [1.82, 2.24) is 4.31 Å². The van der Waals surface area contributed by atoms with Gasteiger partial charge in [0.2, 0.25) is 10.0 Å². The van der Waals surface area contributed by atoms with Crippen LogP contribution >= 0.6 is 0 Å². The van der Waals surface area contributed by atoms with Crippen molar-refractivity contribution in [1.29, 1.82) is 0 Å². The Morgan fingerprint density at radius 3 is 2.44 bits per heavy atom. The number of rotatable bonds is 7. The Balaban J connectivity index is 1.92. The van der Waals surface area contributed by atoms with Gasteiger partial charge in [0.15, 0.2) is 0 Å². The zero-order chi connectivity index (χ0) is 23.6. The largest absolute Gasteiger partial charge is 0.457 e. The molecule has 0 aliphatic carbocycles. The van der Waals surface area contributed by atoms with Crippen molar-refractivity contribution in [2.75, 3.05) is 13.1 Å². The number of ether oxygens (including phenoxy) is 1. The van der Waals surface area contributed by atoms with Crippen molar-refractivity contribution in [3.05, 3.63) is 74.9 Å². The maximum atomic E-state index is 14.3. The van der Waals surface area contributed by atoms with Gasteiger partial charge in [0.1, 0.15) is 18.0 Å². The number of carbonyl (C=O) groups is 1. The van der Waals surface area contributed by atoms with Crippen LogP contribution < -0.4 is 5.63 Å². The van der Waals surface area contributed by atoms with Crippen molar-refractivity contribution < 1.29 is 26.8 Å². The first-order valence-corrected chi connectivity index (χ1v) is 11.5. The van der Waals surface area contributed by atoms with E-state index in [0.29, 0.717) is 16.5 Å². The van der Waals surface area contributed by atoms with E-state index in [-0.39, 0.29) is 24.6 Å². The van der Waals surface area contributed by atoms with Crippen LogP contribution in [-0.4, -0.2) is 31.8 Å². The van der Waals surface area contributed by atoms with E-state index in [1.807, 2.05) is 19.9 Å². The van der Waals surface area contributed by atoms with E-state index in [4.69, 9.17) is 9.15 Å². The minimum Gasteiger partial charge on any atom is -0.457 e. The van der Waals surface area contributed by atoms with E-state index < -0.39 is 33.0 Å². The molecule has 0 spiro atoms. The third kappa shape index (κ3) is 4.44. The molecule has 0 radical (unpaired) electrons. The summed E-state index contributed by atoms with van der Waals surface area (Å²) in [7, 11) is -3.88. The lowest BCUT2D eigenvalue weighted by Crippen LogP contribution is -2.30. The number of fused-ring (bicyclic) bond motifs is 1. The van der Waals surface area contributed by atoms with E-state index in [0.717, 1.165) is 29.3 Å². The summed E-state index contributed by atoms with van der Waals surface area (Å²) in [5.74, 6) is -1.94. The minimum absolute atomic E-state index is 0.202. The molecular weight excluding hydrogens is 437 g/mol. The molecule has 3 aromatic rings. The van der Waals surface area contributed by atoms with Crippen LogP contribution in [0.4, 0.5) is 4.39 Å². The number of sulfonamides is 1. The molecule has 9 heteroatoms. The number of benzene rings is 2. The van der Waals surface area contributed by atoms with Crippen LogP contribution in [0.5, 0.6) is 0 Å². The Bertz CT molecular complexity index is 1340. The van der Waals surface area contributed by atoms with Gasteiger partial charge in [-0.3, -0.25) is 0 Å². The standard InChI is InChI=1S/C23H24FNO6S/c1-5-25(6-2)32(28,29)17-8-10-20(24)19(12-17)23(27)30-13-16-11-21(26)31-22-15(4)14(3)7-9-18(16)22/h7-12H,5-6,13H2,1-4H3. The second kappa shape index (κ2) is 9.22. The van der Waals surface area contributed by atoms with Crippen LogP contribution in [0.1, 0.15) is 40.9 Å². The first kappa shape index (κ1) is 23.6. The topological polar surface area (TPSA) is 93.9 Å². The monoisotopic (exact) mass is 461 g/mol. The van der Waals surface area contributed by atoms with Gasteiger partial charge in [0.25, 0.3) is 0 Å². The molecule has 0 N–H and O–H groups in total. The number of carbonyl (C=O) groups excluding carboxylic acids is 1.